The number of aliphatic carboxylic acids is 1. The highest BCUT2D eigenvalue weighted by Gasteiger charge is 2.32. The summed E-state index contributed by atoms with van der Waals surface area (Å²) in [5, 5.41) is 26.5. The Morgan fingerprint density at radius 3 is 2.15 bits per heavy atom. The van der Waals surface area contributed by atoms with Gasteiger partial charge < -0.3 is 31.9 Å². The van der Waals surface area contributed by atoms with E-state index in [0.717, 1.165) is 5.56 Å². The molecule has 34 heavy (non-hydrogen) atoms. The van der Waals surface area contributed by atoms with Crippen LogP contribution in [0.1, 0.15) is 32.3 Å². The van der Waals surface area contributed by atoms with Gasteiger partial charge in [0.15, 0.2) is 0 Å². The molecular weight excluding hydrogens is 460 g/mol. The fourth-order valence-electron chi connectivity index (χ4n) is 3.14. The van der Waals surface area contributed by atoms with E-state index in [-0.39, 0.29) is 18.8 Å². The minimum atomic E-state index is -1.32. The second kappa shape index (κ2) is 15.3. The predicted octanol–water partition coefficient (Wildman–Crippen LogP) is -0.113. The molecule has 0 aliphatic carbocycles. The van der Waals surface area contributed by atoms with E-state index in [1.165, 1.54) is 11.8 Å². The summed E-state index contributed by atoms with van der Waals surface area (Å²) in [5.41, 5.74) is 6.79. The van der Waals surface area contributed by atoms with E-state index in [9.17, 15) is 29.4 Å². The van der Waals surface area contributed by atoms with E-state index in [1.807, 2.05) is 43.5 Å². The van der Waals surface area contributed by atoms with Crippen LogP contribution >= 0.6 is 11.8 Å². The highest BCUT2D eigenvalue weighted by Crippen LogP contribution is 2.10. The quantitative estimate of drug-likeness (QED) is 0.195. The molecule has 0 bridgehead atoms. The lowest BCUT2D eigenvalue weighted by atomic mass is 9.97. The van der Waals surface area contributed by atoms with E-state index >= 15 is 0 Å². The number of benzene rings is 1. The summed E-state index contributed by atoms with van der Waals surface area (Å²) in [6.07, 6.45) is 2.84. The molecule has 7 N–H and O–H groups in total. The first-order chi connectivity index (χ1) is 16.1. The van der Waals surface area contributed by atoms with Gasteiger partial charge in [-0.05, 0) is 36.3 Å². The van der Waals surface area contributed by atoms with Crippen LogP contribution in [0.2, 0.25) is 0 Å². The van der Waals surface area contributed by atoms with Crippen molar-refractivity contribution in [3.63, 3.8) is 0 Å². The Kier molecular flexibility index (Phi) is 13.2. The maximum Gasteiger partial charge on any atom is 0.326 e. The number of hydrogen-bond acceptors (Lipinski definition) is 7. The molecule has 190 valence electrons. The molecule has 0 aliphatic rings. The van der Waals surface area contributed by atoms with Crippen molar-refractivity contribution < 1.29 is 29.4 Å². The number of carbonyl (C=O) groups is 4. The van der Waals surface area contributed by atoms with Crippen LogP contribution in [0.4, 0.5) is 0 Å². The summed E-state index contributed by atoms with van der Waals surface area (Å²) in [6, 6.07) is 4.73. The van der Waals surface area contributed by atoms with Crippen molar-refractivity contribution in [2.75, 3.05) is 18.6 Å². The fraction of sp³-hybridized carbons (Fsp3) is 0.565. The predicted molar refractivity (Wildman–Crippen MR) is 131 cm³/mol. The molecule has 10 nitrogen and oxygen atoms in total. The van der Waals surface area contributed by atoms with Crippen molar-refractivity contribution in [1.82, 2.24) is 16.0 Å². The molecule has 0 aliphatic heterocycles. The average Bonchev–Trinajstić information content (AvgIpc) is 2.82. The van der Waals surface area contributed by atoms with Gasteiger partial charge in [0.2, 0.25) is 17.7 Å². The standard InChI is InChI=1S/C23H36N4O6S/c1-4-14(2)19(22(31)25-17(23(32)33)10-11-34-3)27-21(30)18(13-28)26-20(29)16(24)12-15-8-6-5-7-9-15/h5-9,14,16-19,28H,4,10-13,24H2,1-3H3,(H,25,31)(H,26,29)(H,27,30)(H,32,33). The van der Waals surface area contributed by atoms with Crippen molar-refractivity contribution >= 4 is 35.5 Å². The molecule has 1 aromatic rings. The van der Waals surface area contributed by atoms with Crippen LogP contribution in [0.15, 0.2) is 30.3 Å². The van der Waals surface area contributed by atoms with Gasteiger partial charge in [-0.15, -0.1) is 0 Å². The van der Waals surface area contributed by atoms with E-state index in [1.54, 1.807) is 6.92 Å². The smallest absolute Gasteiger partial charge is 0.326 e. The minimum absolute atomic E-state index is 0.234. The molecule has 0 spiro atoms. The number of aliphatic hydroxyl groups is 1. The van der Waals surface area contributed by atoms with Crippen LogP contribution in [0.5, 0.6) is 0 Å². The Bertz CT molecular complexity index is 810. The number of nitrogens with two attached hydrogens (primary N) is 1. The number of carboxylic acid groups (broad SMARTS) is 1. The van der Waals surface area contributed by atoms with Crippen molar-refractivity contribution in [3.8, 4) is 0 Å². The molecule has 1 rings (SSSR count). The first-order valence-corrected chi connectivity index (χ1v) is 12.6. The summed E-state index contributed by atoms with van der Waals surface area (Å²) in [6.45, 7) is 2.87. The Morgan fingerprint density at radius 1 is 1.00 bits per heavy atom. The molecule has 1 aromatic carbocycles. The number of carboxylic acids is 1. The monoisotopic (exact) mass is 496 g/mol. The highest BCUT2D eigenvalue weighted by atomic mass is 32.2. The third-order valence-corrected chi connectivity index (χ3v) is 6.11. The fourth-order valence-corrected chi connectivity index (χ4v) is 3.62. The first kappa shape index (κ1) is 29.4. The van der Waals surface area contributed by atoms with Gasteiger partial charge in [0, 0.05) is 0 Å². The van der Waals surface area contributed by atoms with Gasteiger partial charge in [0.05, 0.1) is 12.6 Å². The maximum atomic E-state index is 12.8. The summed E-state index contributed by atoms with van der Waals surface area (Å²) in [7, 11) is 0. The number of amides is 3. The maximum absolute atomic E-state index is 12.8. The highest BCUT2D eigenvalue weighted by molar-refractivity contribution is 7.98. The Balaban J connectivity index is 2.83. The van der Waals surface area contributed by atoms with Gasteiger partial charge in [-0.1, -0.05) is 50.6 Å². The minimum Gasteiger partial charge on any atom is -0.480 e. The normalized spacial score (nSPS) is 15.3. The summed E-state index contributed by atoms with van der Waals surface area (Å²) < 4.78 is 0. The molecular formula is C23H36N4O6S. The van der Waals surface area contributed by atoms with Gasteiger partial charge in [0.25, 0.3) is 0 Å². The second-order valence-corrected chi connectivity index (χ2v) is 9.08. The summed E-state index contributed by atoms with van der Waals surface area (Å²) in [5.74, 6) is -2.97. The molecule has 0 saturated heterocycles. The number of hydrogen-bond donors (Lipinski definition) is 6. The molecule has 5 atom stereocenters. The largest absolute Gasteiger partial charge is 0.480 e. The van der Waals surface area contributed by atoms with Crippen LogP contribution < -0.4 is 21.7 Å². The molecule has 0 fully saturated rings. The first-order valence-electron chi connectivity index (χ1n) is 11.2. The van der Waals surface area contributed by atoms with Crippen LogP contribution in [-0.4, -0.2) is 76.7 Å². The van der Waals surface area contributed by atoms with Crippen LogP contribution in [-0.2, 0) is 25.6 Å². The zero-order chi connectivity index (χ0) is 25.7. The lowest BCUT2D eigenvalue weighted by Gasteiger charge is -2.27. The molecule has 5 unspecified atom stereocenters. The van der Waals surface area contributed by atoms with Gasteiger partial charge in [-0.3, -0.25) is 14.4 Å². The number of carbonyl (C=O) groups excluding carboxylic acids is 3. The van der Waals surface area contributed by atoms with Gasteiger partial charge in [0.1, 0.15) is 18.1 Å². The molecule has 3 amide bonds. The number of thioether (sulfide) groups is 1. The topological polar surface area (TPSA) is 171 Å². The van der Waals surface area contributed by atoms with Gasteiger partial charge in [-0.2, -0.15) is 11.8 Å². The van der Waals surface area contributed by atoms with Crippen molar-refractivity contribution in [1.29, 1.82) is 0 Å². The summed E-state index contributed by atoms with van der Waals surface area (Å²) >= 11 is 1.46. The Hall–Kier alpha value is -2.63. The molecule has 0 saturated carbocycles. The second-order valence-electron chi connectivity index (χ2n) is 8.09. The van der Waals surface area contributed by atoms with E-state index in [0.29, 0.717) is 12.2 Å². The Morgan fingerprint density at radius 2 is 1.62 bits per heavy atom. The Labute approximate surface area is 204 Å². The van der Waals surface area contributed by atoms with Crippen LogP contribution in [0.3, 0.4) is 0 Å². The number of rotatable bonds is 15. The van der Waals surface area contributed by atoms with Crippen molar-refractivity contribution in [2.45, 2.75) is 57.3 Å². The van der Waals surface area contributed by atoms with E-state index in [4.69, 9.17) is 5.73 Å². The van der Waals surface area contributed by atoms with Gasteiger partial charge >= 0.3 is 5.97 Å². The van der Waals surface area contributed by atoms with Crippen LogP contribution in [0, 0.1) is 5.92 Å². The average molecular weight is 497 g/mol. The van der Waals surface area contributed by atoms with Crippen molar-refractivity contribution in [2.24, 2.45) is 11.7 Å². The number of aliphatic hydroxyl groups excluding tert-OH is 1. The van der Waals surface area contributed by atoms with Gasteiger partial charge in [-0.25, -0.2) is 4.79 Å². The molecule has 0 heterocycles. The summed E-state index contributed by atoms with van der Waals surface area (Å²) in [4.78, 5) is 49.6. The zero-order valence-corrected chi connectivity index (χ0v) is 20.6. The lowest BCUT2D eigenvalue weighted by molar-refractivity contribution is -0.142. The third kappa shape index (κ3) is 9.70. The number of nitrogens with one attached hydrogen (secondary N) is 3. The van der Waals surface area contributed by atoms with Crippen LogP contribution in [0.25, 0.3) is 0 Å². The van der Waals surface area contributed by atoms with Crippen molar-refractivity contribution in [3.05, 3.63) is 35.9 Å². The molecule has 11 heteroatoms. The molecule has 0 radical (unpaired) electrons. The third-order valence-electron chi connectivity index (χ3n) is 5.47. The SMILES string of the molecule is CCC(C)C(NC(=O)C(CO)NC(=O)C(N)Cc1ccccc1)C(=O)NC(CCSC)C(=O)O. The molecule has 0 aromatic heterocycles. The van der Waals surface area contributed by atoms with E-state index < -0.39 is 54.5 Å². The lowest BCUT2D eigenvalue weighted by Crippen LogP contribution is -2.59. The zero-order valence-electron chi connectivity index (χ0n) is 19.8. The van der Waals surface area contributed by atoms with E-state index in [2.05, 4.69) is 16.0 Å².